The molecule has 1 aliphatic heterocycles. The van der Waals surface area contributed by atoms with Crippen molar-refractivity contribution in [3.63, 3.8) is 0 Å². The molecule has 1 N–H and O–H groups in total. The fraction of sp³-hybridized carbons (Fsp3) is 0.333. The minimum atomic E-state index is -0.208. The van der Waals surface area contributed by atoms with Crippen LogP contribution < -0.4 is 19.7 Å². The molecule has 0 bridgehead atoms. The van der Waals surface area contributed by atoms with Crippen molar-refractivity contribution in [3.8, 4) is 17.6 Å². The third kappa shape index (κ3) is 5.23. The van der Waals surface area contributed by atoms with Crippen LogP contribution in [0.5, 0.6) is 11.5 Å². The molecule has 0 unspecified atom stereocenters. The summed E-state index contributed by atoms with van der Waals surface area (Å²) in [6.07, 6.45) is 0.969. The molecule has 1 aliphatic rings. The second-order valence-corrected chi connectivity index (χ2v) is 7.59. The van der Waals surface area contributed by atoms with E-state index in [0.29, 0.717) is 49.9 Å². The van der Waals surface area contributed by atoms with E-state index in [-0.39, 0.29) is 12.8 Å². The number of ether oxygens (including phenoxy) is 3. The fourth-order valence-electron chi connectivity index (χ4n) is 3.52. The molecule has 0 amide bonds. The Bertz CT molecular complexity index is 1210. The number of rotatable bonds is 9. The van der Waals surface area contributed by atoms with Gasteiger partial charge in [-0.15, -0.1) is 0 Å². The summed E-state index contributed by atoms with van der Waals surface area (Å²) in [7, 11) is 1.89. The predicted octanol–water partition coefficient (Wildman–Crippen LogP) is 3.62. The molecule has 0 fully saturated rings. The summed E-state index contributed by atoms with van der Waals surface area (Å²) in [6.45, 7) is 3.51. The summed E-state index contributed by atoms with van der Waals surface area (Å²) < 4.78 is 15.8. The summed E-state index contributed by atoms with van der Waals surface area (Å²) >= 11 is 0. The number of benzene rings is 2. The van der Waals surface area contributed by atoms with Crippen molar-refractivity contribution in [2.24, 2.45) is 0 Å². The van der Waals surface area contributed by atoms with Crippen molar-refractivity contribution in [2.75, 3.05) is 37.2 Å². The molecule has 2 heterocycles. The van der Waals surface area contributed by atoms with Gasteiger partial charge in [-0.1, -0.05) is 6.07 Å². The van der Waals surface area contributed by atoms with Gasteiger partial charge in [0.15, 0.2) is 11.5 Å². The summed E-state index contributed by atoms with van der Waals surface area (Å²) in [5.41, 5.74) is 2.27. The van der Waals surface area contributed by atoms with Gasteiger partial charge >= 0.3 is 5.97 Å². The van der Waals surface area contributed by atoms with Crippen molar-refractivity contribution < 1.29 is 19.0 Å². The first-order valence-corrected chi connectivity index (χ1v) is 10.8. The summed E-state index contributed by atoms with van der Waals surface area (Å²) in [6, 6.07) is 13.3. The number of fused-ring (bicyclic) bond motifs is 2. The molecule has 9 nitrogen and oxygen atoms in total. The average molecular weight is 447 g/mol. The minimum Gasteiger partial charge on any atom is -0.466 e. The standard InChI is InChI=1S/C24H25N5O4/c1-3-31-22(30)5-4-10-29(2)24-27-19-8-6-16(13-25)11-18(19)23(28-24)26-14-17-7-9-20-21(12-17)33-15-32-20/h6-9,11-12H,3-5,10,14-15H2,1-2H3,(H,26,27,28). The normalized spacial score (nSPS) is 11.8. The van der Waals surface area contributed by atoms with Crippen LogP contribution >= 0.6 is 0 Å². The lowest BCUT2D eigenvalue weighted by molar-refractivity contribution is -0.143. The zero-order chi connectivity index (χ0) is 23.2. The highest BCUT2D eigenvalue weighted by Gasteiger charge is 2.15. The van der Waals surface area contributed by atoms with E-state index in [4.69, 9.17) is 19.2 Å². The van der Waals surface area contributed by atoms with E-state index in [1.807, 2.05) is 36.2 Å². The number of esters is 1. The smallest absolute Gasteiger partial charge is 0.305 e. The number of anilines is 2. The number of nitrogens with one attached hydrogen (secondary N) is 1. The van der Waals surface area contributed by atoms with E-state index < -0.39 is 0 Å². The first-order valence-electron chi connectivity index (χ1n) is 10.8. The number of carbonyl (C=O) groups is 1. The zero-order valence-corrected chi connectivity index (χ0v) is 18.6. The van der Waals surface area contributed by atoms with Crippen molar-refractivity contribution in [1.82, 2.24) is 9.97 Å². The van der Waals surface area contributed by atoms with Gasteiger partial charge in [0.25, 0.3) is 0 Å². The van der Waals surface area contributed by atoms with E-state index >= 15 is 0 Å². The van der Waals surface area contributed by atoms with Crippen molar-refractivity contribution in [2.45, 2.75) is 26.3 Å². The average Bonchev–Trinajstić information content (AvgIpc) is 3.30. The maximum absolute atomic E-state index is 11.6. The largest absolute Gasteiger partial charge is 0.466 e. The van der Waals surface area contributed by atoms with Crippen molar-refractivity contribution in [3.05, 3.63) is 47.5 Å². The molecule has 0 saturated carbocycles. The summed E-state index contributed by atoms with van der Waals surface area (Å²) in [4.78, 5) is 22.9. The SMILES string of the molecule is CCOC(=O)CCCN(C)c1nc(NCc2ccc3c(c2)OCO3)c2cc(C#N)ccc2n1. The van der Waals surface area contributed by atoms with Gasteiger partial charge in [0, 0.05) is 31.9 Å². The molecule has 33 heavy (non-hydrogen) atoms. The van der Waals surface area contributed by atoms with Crippen LogP contribution in [0.2, 0.25) is 0 Å². The van der Waals surface area contributed by atoms with E-state index in [0.717, 1.165) is 28.0 Å². The van der Waals surface area contributed by atoms with Gasteiger partial charge in [-0.05, 0) is 49.2 Å². The van der Waals surface area contributed by atoms with Gasteiger partial charge in [-0.2, -0.15) is 10.2 Å². The number of aromatic nitrogens is 2. The maximum atomic E-state index is 11.6. The Kier molecular flexibility index (Phi) is 6.74. The van der Waals surface area contributed by atoms with E-state index in [1.165, 1.54) is 0 Å². The number of carbonyl (C=O) groups excluding carboxylic acids is 1. The van der Waals surface area contributed by atoms with Gasteiger partial charge in [0.05, 0.1) is 23.8 Å². The molecule has 4 rings (SSSR count). The Hall–Kier alpha value is -4.06. The lowest BCUT2D eigenvalue weighted by Crippen LogP contribution is -2.22. The van der Waals surface area contributed by atoms with Gasteiger partial charge in [-0.3, -0.25) is 4.79 Å². The maximum Gasteiger partial charge on any atom is 0.305 e. The number of nitriles is 1. The fourth-order valence-corrected chi connectivity index (χ4v) is 3.52. The summed E-state index contributed by atoms with van der Waals surface area (Å²) in [5, 5.41) is 13.5. The Labute approximate surface area is 191 Å². The molecular weight excluding hydrogens is 422 g/mol. The van der Waals surface area contributed by atoms with Crippen molar-refractivity contribution in [1.29, 1.82) is 5.26 Å². The molecule has 0 aliphatic carbocycles. The van der Waals surface area contributed by atoms with Gasteiger partial charge in [-0.25, -0.2) is 4.98 Å². The Balaban J connectivity index is 1.55. The third-order valence-corrected chi connectivity index (χ3v) is 5.23. The zero-order valence-electron chi connectivity index (χ0n) is 18.6. The lowest BCUT2D eigenvalue weighted by atomic mass is 10.1. The third-order valence-electron chi connectivity index (χ3n) is 5.23. The van der Waals surface area contributed by atoms with Crippen LogP contribution in [-0.4, -0.2) is 42.9 Å². The second kappa shape index (κ2) is 10.0. The van der Waals surface area contributed by atoms with Crippen LogP contribution in [0.25, 0.3) is 10.9 Å². The highest BCUT2D eigenvalue weighted by atomic mass is 16.7. The molecule has 170 valence electrons. The van der Waals surface area contributed by atoms with Gasteiger partial charge in [0.2, 0.25) is 12.7 Å². The second-order valence-electron chi connectivity index (χ2n) is 7.59. The number of nitrogens with zero attached hydrogens (tertiary/aromatic N) is 4. The molecule has 3 aromatic rings. The number of hydrogen-bond acceptors (Lipinski definition) is 9. The molecule has 2 aromatic carbocycles. The predicted molar refractivity (Wildman–Crippen MR) is 123 cm³/mol. The van der Waals surface area contributed by atoms with Crippen LogP contribution in [-0.2, 0) is 16.1 Å². The van der Waals surface area contributed by atoms with Gasteiger partial charge < -0.3 is 24.4 Å². The lowest BCUT2D eigenvalue weighted by Gasteiger charge is -2.19. The van der Waals surface area contributed by atoms with Crippen LogP contribution in [0.15, 0.2) is 36.4 Å². The monoisotopic (exact) mass is 447 g/mol. The van der Waals surface area contributed by atoms with Crippen LogP contribution in [0.1, 0.15) is 30.9 Å². The quantitative estimate of drug-likeness (QED) is 0.492. The Morgan fingerprint density at radius 1 is 1.21 bits per heavy atom. The molecule has 0 atom stereocenters. The highest BCUT2D eigenvalue weighted by molar-refractivity contribution is 5.91. The molecule has 0 spiro atoms. The highest BCUT2D eigenvalue weighted by Crippen LogP contribution is 2.33. The molecule has 9 heteroatoms. The first kappa shape index (κ1) is 22.1. The van der Waals surface area contributed by atoms with Crippen molar-refractivity contribution >= 4 is 28.6 Å². The van der Waals surface area contributed by atoms with Gasteiger partial charge in [0.1, 0.15) is 5.82 Å². The first-order chi connectivity index (χ1) is 16.1. The van der Waals surface area contributed by atoms with Crippen LogP contribution in [0.4, 0.5) is 11.8 Å². The van der Waals surface area contributed by atoms with E-state index in [9.17, 15) is 10.1 Å². The summed E-state index contributed by atoms with van der Waals surface area (Å²) in [5.74, 6) is 2.40. The Morgan fingerprint density at radius 3 is 2.88 bits per heavy atom. The molecule has 0 radical (unpaired) electrons. The molecule has 0 saturated heterocycles. The van der Waals surface area contributed by atoms with E-state index in [1.54, 1.807) is 19.1 Å². The van der Waals surface area contributed by atoms with E-state index in [2.05, 4.69) is 16.4 Å². The minimum absolute atomic E-state index is 0.208. The number of hydrogen-bond donors (Lipinski definition) is 1. The molecule has 1 aromatic heterocycles. The van der Waals surface area contributed by atoms with Crippen LogP contribution in [0.3, 0.4) is 0 Å². The molecular formula is C24H25N5O4. The topological polar surface area (TPSA) is 110 Å². The Morgan fingerprint density at radius 2 is 2.06 bits per heavy atom. The van der Waals surface area contributed by atoms with Crippen LogP contribution in [0, 0.1) is 11.3 Å².